The summed E-state index contributed by atoms with van der Waals surface area (Å²) in [6, 6.07) is 1.63. The van der Waals surface area contributed by atoms with Crippen molar-refractivity contribution in [1.29, 1.82) is 0 Å². The predicted octanol–water partition coefficient (Wildman–Crippen LogP) is 1.17. The molecule has 0 amide bonds. The van der Waals surface area contributed by atoms with Crippen LogP contribution in [0.3, 0.4) is 0 Å². The lowest BCUT2D eigenvalue weighted by Crippen LogP contribution is -1.97. The molecule has 106 valence electrons. The summed E-state index contributed by atoms with van der Waals surface area (Å²) in [5, 5.41) is 22.2. The molecule has 2 heterocycles. The van der Waals surface area contributed by atoms with Crippen LogP contribution in [0.15, 0.2) is 10.6 Å². The Morgan fingerprint density at radius 1 is 1.45 bits per heavy atom. The SMILES string of the molecule is COc1cc(C)c(-c2noc(CCC(=O)O)n2)c(O)n1. The number of hydrogen-bond acceptors (Lipinski definition) is 7. The van der Waals surface area contributed by atoms with Gasteiger partial charge in [0.2, 0.25) is 23.5 Å². The van der Waals surface area contributed by atoms with Crippen molar-refractivity contribution >= 4 is 5.97 Å². The number of aromatic hydroxyl groups is 1. The van der Waals surface area contributed by atoms with Crippen molar-refractivity contribution in [3.05, 3.63) is 17.5 Å². The first-order valence-corrected chi connectivity index (χ1v) is 5.80. The van der Waals surface area contributed by atoms with Gasteiger partial charge in [0.1, 0.15) is 0 Å². The fourth-order valence-electron chi connectivity index (χ4n) is 1.68. The van der Waals surface area contributed by atoms with Crippen LogP contribution >= 0.6 is 0 Å². The first kappa shape index (κ1) is 13.8. The van der Waals surface area contributed by atoms with Gasteiger partial charge >= 0.3 is 5.97 Å². The number of carbonyl (C=O) groups is 1. The number of nitrogens with zero attached hydrogens (tertiary/aromatic N) is 3. The molecule has 0 saturated carbocycles. The van der Waals surface area contributed by atoms with Gasteiger partial charge in [-0.15, -0.1) is 0 Å². The zero-order valence-corrected chi connectivity index (χ0v) is 11.0. The van der Waals surface area contributed by atoms with Gasteiger partial charge < -0.3 is 19.5 Å². The Morgan fingerprint density at radius 2 is 2.20 bits per heavy atom. The summed E-state index contributed by atoms with van der Waals surface area (Å²) < 4.78 is 9.88. The quantitative estimate of drug-likeness (QED) is 0.837. The number of aliphatic carboxylic acids is 1. The average molecular weight is 279 g/mol. The number of hydrogen-bond donors (Lipinski definition) is 2. The molecule has 0 aliphatic carbocycles. The molecule has 8 nitrogen and oxygen atoms in total. The number of aromatic nitrogens is 3. The van der Waals surface area contributed by atoms with Crippen LogP contribution in [0, 0.1) is 6.92 Å². The van der Waals surface area contributed by atoms with Crippen LogP contribution in [0.1, 0.15) is 17.9 Å². The van der Waals surface area contributed by atoms with Crippen LogP contribution in [0.4, 0.5) is 0 Å². The van der Waals surface area contributed by atoms with Gasteiger partial charge in [-0.2, -0.15) is 9.97 Å². The maximum atomic E-state index is 10.5. The second-order valence-electron chi connectivity index (χ2n) is 4.09. The van der Waals surface area contributed by atoms with Gasteiger partial charge in [0, 0.05) is 12.5 Å². The third-order valence-electron chi connectivity index (χ3n) is 2.63. The first-order chi connectivity index (χ1) is 9.51. The normalized spacial score (nSPS) is 10.5. The Labute approximate surface area is 114 Å². The summed E-state index contributed by atoms with van der Waals surface area (Å²) in [4.78, 5) is 18.4. The highest BCUT2D eigenvalue weighted by Gasteiger charge is 2.18. The highest BCUT2D eigenvalue weighted by Crippen LogP contribution is 2.31. The summed E-state index contributed by atoms with van der Waals surface area (Å²) in [7, 11) is 1.44. The topological polar surface area (TPSA) is 119 Å². The number of ether oxygens (including phenoxy) is 1. The minimum atomic E-state index is -0.949. The molecule has 20 heavy (non-hydrogen) atoms. The molecule has 0 bridgehead atoms. The van der Waals surface area contributed by atoms with E-state index in [4.69, 9.17) is 14.4 Å². The van der Waals surface area contributed by atoms with E-state index in [1.165, 1.54) is 7.11 Å². The van der Waals surface area contributed by atoms with E-state index in [1.807, 2.05) is 0 Å². The molecule has 0 atom stereocenters. The fourth-order valence-corrected chi connectivity index (χ4v) is 1.68. The largest absolute Gasteiger partial charge is 0.493 e. The molecule has 2 rings (SSSR count). The van der Waals surface area contributed by atoms with Crippen LogP contribution < -0.4 is 4.74 Å². The minimum Gasteiger partial charge on any atom is -0.493 e. The van der Waals surface area contributed by atoms with Gasteiger partial charge in [-0.1, -0.05) is 5.16 Å². The van der Waals surface area contributed by atoms with Crippen LogP contribution in [-0.4, -0.2) is 38.4 Å². The first-order valence-electron chi connectivity index (χ1n) is 5.80. The third-order valence-corrected chi connectivity index (χ3v) is 2.63. The number of carboxylic acid groups (broad SMARTS) is 1. The van der Waals surface area contributed by atoms with Crippen molar-refractivity contribution in [2.75, 3.05) is 7.11 Å². The number of aryl methyl sites for hydroxylation is 2. The highest BCUT2D eigenvalue weighted by atomic mass is 16.5. The highest BCUT2D eigenvalue weighted by molar-refractivity contribution is 5.67. The Hall–Kier alpha value is -2.64. The lowest BCUT2D eigenvalue weighted by atomic mass is 10.1. The van der Waals surface area contributed by atoms with E-state index >= 15 is 0 Å². The van der Waals surface area contributed by atoms with Crippen LogP contribution in [0.2, 0.25) is 0 Å². The van der Waals surface area contributed by atoms with E-state index in [1.54, 1.807) is 13.0 Å². The second kappa shape index (κ2) is 5.55. The summed E-state index contributed by atoms with van der Waals surface area (Å²) in [5.41, 5.74) is 0.996. The molecule has 0 fully saturated rings. The smallest absolute Gasteiger partial charge is 0.303 e. The molecule has 0 saturated heterocycles. The molecular formula is C12H13N3O5. The zero-order chi connectivity index (χ0) is 14.7. The average Bonchev–Trinajstić information content (AvgIpc) is 2.84. The Kier molecular flexibility index (Phi) is 3.83. The van der Waals surface area contributed by atoms with Crippen molar-refractivity contribution in [2.45, 2.75) is 19.8 Å². The van der Waals surface area contributed by atoms with E-state index in [0.29, 0.717) is 11.1 Å². The molecule has 0 unspecified atom stereocenters. The number of carboxylic acids is 1. The maximum Gasteiger partial charge on any atom is 0.303 e. The molecule has 8 heteroatoms. The minimum absolute atomic E-state index is 0.104. The Bertz CT molecular complexity index is 615. The van der Waals surface area contributed by atoms with E-state index in [9.17, 15) is 9.90 Å². The molecule has 2 aromatic heterocycles. The fraction of sp³-hybridized carbons (Fsp3) is 0.333. The number of pyridine rings is 1. The van der Waals surface area contributed by atoms with Crippen molar-refractivity contribution in [3.8, 4) is 23.1 Å². The number of rotatable bonds is 5. The maximum absolute atomic E-state index is 10.5. The van der Waals surface area contributed by atoms with Gasteiger partial charge in [0.05, 0.1) is 19.1 Å². The standard InChI is InChI=1S/C12H13N3O5/c1-6-5-8(19-2)14-12(18)10(6)11-13-7(20-15-11)3-4-9(16)17/h5H,3-4H2,1-2H3,(H,14,18)(H,16,17). The molecule has 0 aliphatic rings. The lowest BCUT2D eigenvalue weighted by Gasteiger charge is -2.05. The lowest BCUT2D eigenvalue weighted by molar-refractivity contribution is -0.137. The van der Waals surface area contributed by atoms with Gasteiger partial charge in [-0.05, 0) is 12.5 Å². The van der Waals surface area contributed by atoms with Gasteiger partial charge in [0.15, 0.2) is 0 Å². The molecule has 0 aliphatic heterocycles. The van der Waals surface area contributed by atoms with E-state index in [2.05, 4.69) is 15.1 Å². The summed E-state index contributed by atoms with van der Waals surface area (Å²) in [6.45, 7) is 1.74. The second-order valence-corrected chi connectivity index (χ2v) is 4.09. The van der Waals surface area contributed by atoms with E-state index in [0.717, 1.165) is 0 Å². The van der Waals surface area contributed by atoms with E-state index in [-0.39, 0.29) is 36.3 Å². The summed E-state index contributed by atoms with van der Waals surface area (Å²) in [6.07, 6.45) is 0.0270. The van der Waals surface area contributed by atoms with Crippen LogP contribution in [-0.2, 0) is 11.2 Å². The van der Waals surface area contributed by atoms with Crippen LogP contribution in [0.25, 0.3) is 11.4 Å². The van der Waals surface area contributed by atoms with Crippen molar-refractivity contribution in [1.82, 2.24) is 15.1 Å². The monoisotopic (exact) mass is 279 g/mol. The van der Waals surface area contributed by atoms with E-state index < -0.39 is 5.97 Å². The zero-order valence-electron chi connectivity index (χ0n) is 11.0. The van der Waals surface area contributed by atoms with Gasteiger partial charge in [0.25, 0.3) is 0 Å². The van der Waals surface area contributed by atoms with Gasteiger partial charge in [-0.3, -0.25) is 4.79 Å². The Morgan fingerprint density at radius 3 is 2.80 bits per heavy atom. The van der Waals surface area contributed by atoms with Crippen molar-refractivity contribution < 1.29 is 24.3 Å². The Balaban J connectivity index is 2.30. The third kappa shape index (κ3) is 2.85. The molecule has 0 spiro atoms. The summed E-state index contributed by atoms with van der Waals surface area (Å²) in [5.74, 6) is -0.590. The predicted molar refractivity (Wildman–Crippen MR) is 66.4 cm³/mol. The van der Waals surface area contributed by atoms with Crippen LogP contribution in [0.5, 0.6) is 11.8 Å². The molecule has 2 N–H and O–H groups in total. The molecule has 0 radical (unpaired) electrons. The molecule has 2 aromatic rings. The summed E-state index contributed by atoms with van der Waals surface area (Å²) >= 11 is 0. The molecule has 0 aromatic carbocycles. The van der Waals surface area contributed by atoms with Crippen molar-refractivity contribution in [3.63, 3.8) is 0 Å². The van der Waals surface area contributed by atoms with Crippen molar-refractivity contribution in [2.24, 2.45) is 0 Å². The van der Waals surface area contributed by atoms with Gasteiger partial charge in [-0.25, -0.2) is 0 Å². The number of methoxy groups -OCH3 is 1. The molecular weight excluding hydrogens is 266 g/mol.